The van der Waals surface area contributed by atoms with E-state index in [1.54, 1.807) is 6.08 Å². The number of aliphatic hydroxyl groups is 2. The summed E-state index contributed by atoms with van der Waals surface area (Å²) in [5, 5.41) is 15.9. The summed E-state index contributed by atoms with van der Waals surface area (Å²) in [4.78, 5) is 18.3. The maximum atomic E-state index is 8.92. The molecule has 2 aromatic rings. The molecule has 0 aromatic heterocycles. The van der Waals surface area contributed by atoms with Crippen molar-refractivity contribution in [3.8, 4) is 11.1 Å². The van der Waals surface area contributed by atoms with Crippen molar-refractivity contribution in [2.45, 2.75) is 79.1 Å². The van der Waals surface area contributed by atoms with Gasteiger partial charge in [0.2, 0.25) is 0 Å². The lowest BCUT2D eigenvalue weighted by Crippen LogP contribution is -2.05. The Balaban J connectivity index is 0. The third kappa shape index (κ3) is 16.3. The number of unbranched alkanes of at least 4 members (excludes halogenated alkanes) is 4. The smallest absolute Gasteiger partial charge is 0.106 e. The lowest BCUT2D eigenvalue weighted by atomic mass is 9.91. The van der Waals surface area contributed by atoms with Crippen LogP contribution in [-0.2, 0) is 33.8 Å². The lowest BCUT2D eigenvalue weighted by molar-refractivity contribution is -0.287. The first-order chi connectivity index (χ1) is 18.5. The molecule has 0 aliphatic carbocycles. The minimum Gasteiger partial charge on any atom is -0.400 e. The number of carbonyl (C=O) groups is 1. The van der Waals surface area contributed by atoms with Crippen molar-refractivity contribution < 1.29 is 24.8 Å². The van der Waals surface area contributed by atoms with Crippen molar-refractivity contribution in [3.05, 3.63) is 83.5 Å². The van der Waals surface area contributed by atoms with Crippen molar-refractivity contribution in [2.75, 3.05) is 26.9 Å². The molecule has 0 atom stereocenters. The molecule has 2 N–H and O–H groups in total. The molecule has 0 unspecified atom stereocenters. The molecule has 214 valence electrons. The maximum Gasteiger partial charge on any atom is 0.106 e. The van der Waals surface area contributed by atoms with E-state index < -0.39 is 0 Å². The average molecular weight is 529 g/mol. The number of rotatable bonds is 15. The Bertz CT molecular complexity index is 876. The Kier molecular flexibility index (Phi) is 25.8. The Hall–Kier alpha value is -2.57. The van der Waals surface area contributed by atoms with E-state index in [-0.39, 0.29) is 13.2 Å². The zero-order valence-corrected chi connectivity index (χ0v) is 24.6. The number of aryl methyl sites for hydroxylation is 3. The Morgan fingerprint density at radius 2 is 1.58 bits per heavy atom. The largest absolute Gasteiger partial charge is 0.400 e. The molecule has 38 heavy (non-hydrogen) atoms. The molecule has 2 rings (SSSR count). The highest BCUT2D eigenvalue weighted by molar-refractivity contribution is 5.69. The van der Waals surface area contributed by atoms with Gasteiger partial charge in [-0.1, -0.05) is 88.6 Å². The first kappa shape index (κ1) is 37.6. The van der Waals surface area contributed by atoms with Crippen molar-refractivity contribution >= 4 is 6.79 Å². The number of aliphatic hydroxyl groups excluding tert-OH is 2. The summed E-state index contributed by atoms with van der Waals surface area (Å²) >= 11 is 0. The second kappa shape index (κ2) is 26.1. The number of allylic oxidation sites excluding steroid dienone is 1. The molecule has 0 radical (unpaired) electrons. The third-order valence-corrected chi connectivity index (χ3v) is 5.81. The molecule has 0 saturated carbocycles. The van der Waals surface area contributed by atoms with Crippen LogP contribution in [0.3, 0.4) is 0 Å². The fourth-order valence-electron chi connectivity index (χ4n) is 3.80. The van der Waals surface area contributed by atoms with Crippen LogP contribution in [-0.4, -0.2) is 43.9 Å². The molecule has 0 fully saturated rings. The summed E-state index contributed by atoms with van der Waals surface area (Å²) in [6, 6.07) is 13.7. The highest BCUT2D eigenvalue weighted by Gasteiger charge is 2.09. The van der Waals surface area contributed by atoms with Gasteiger partial charge in [0.1, 0.15) is 13.4 Å². The molecular weight excluding hydrogens is 476 g/mol. The third-order valence-electron chi connectivity index (χ3n) is 5.81. The molecule has 2 aromatic carbocycles. The molecule has 0 amide bonds. The van der Waals surface area contributed by atoms with Gasteiger partial charge in [-0.25, -0.2) is 9.78 Å². The van der Waals surface area contributed by atoms with Crippen LogP contribution in [0, 0.1) is 6.92 Å². The van der Waals surface area contributed by atoms with Crippen LogP contribution < -0.4 is 0 Å². The Morgan fingerprint density at radius 1 is 0.921 bits per heavy atom. The normalized spacial score (nSPS) is 9.66. The zero-order valence-electron chi connectivity index (χ0n) is 24.6. The van der Waals surface area contributed by atoms with Crippen molar-refractivity contribution in [1.82, 2.24) is 0 Å². The fraction of sp³-hybridized carbons (Fsp3) is 0.485. The van der Waals surface area contributed by atoms with Gasteiger partial charge in [0.05, 0.1) is 13.2 Å². The van der Waals surface area contributed by atoms with Crippen molar-refractivity contribution in [1.29, 1.82) is 0 Å². The van der Waals surface area contributed by atoms with Gasteiger partial charge < -0.3 is 15.0 Å². The SMILES string of the molecule is C=C(CO)COOCCc1ccc(-c2ccc(CC)cc2CCCCCCC)cc1C.C=CC.C=O.CO. The van der Waals surface area contributed by atoms with Crippen LogP contribution in [0.1, 0.15) is 75.1 Å². The maximum absolute atomic E-state index is 8.92. The molecule has 0 aliphatic rings. The van der Waals surface area contributed by atoms with Gasteiger partial charge in [0.15, 0.2) is 0 Å². The van der Waals surface area contributed by atoms with Gasteiger partial charge in [-0.15, -0.1) is 6.58 Å². The number of hydrogen-bond acceptors (Lipinski definition) is 5. The van der Waals surface area contributed by atoms with Crippen LogP contribution in [0.2, 0.25) is 0 Å². The predicted molar refractivity (Wildman–Crippen MR) is 161 cm³/mol. The Labute approximate surface area is 232 Å². The zero-order chi connectivity index (χ0) is 29.2. The van der Waals surface area contributed by atoms with Crippen LogP contribution >= 0.6 is 0 Å². The molecule has 0 spiro atoms. The van der Waals surface area contributed by atoms with Gasteiger partial charge >= 0.3 is 0 Å². The first-order valence-electron chi connectivity index (χ1n) is 13.5. The van der Waals surface area contributed by atoms with Crippen molar-refractivity contribution in [2.24, 2.45) is 0 Å². The van der Waals surface area contributed by atoms with E-state index in [2.05, 4.69) is 70.3 Å². The number of carbonyl (C=O) groups excluding carboxylic acids is 1. The van der Waals surface area contributed by atoms with Gasteiger partial charge in [0, 0.05) is 7.11 Å². The predicted octanol–water partition coefficient (Wildman–Crippen LogP) is 7.39. The number of hydrogen-bond donors (Lipinski definition) is 2. The second-order valence-electron chi connectivity index (χ2n) is 8.80. The van der Waals surface area contributed by atoms with E-state index in [4.69, 9.17) is 24.8 Å². The summed E-state index contributed by atoms with van der Waals surface area (Å²) in [6.07, 6.45) is 11.3. The minimum absolute atomic E-state index is 0.0795. The summed E-state index contributed by atoms with van der Waals surface area (Å²) < 4.78 is 0. The summed E-state index contributed by atoms with van der Waals surface area (Å²) in [5.41, 5.74) is 8.70. The van der Waals surface area contributed by atoms with E-state index in [1.807, 2.05) is 13.7 Å². The van der Waals surface area contributed by atoms with Crippen molar-refractivity contribution in [3.63, 3.8) is 0 Å². The first-order valence-corrected chi connectivity index (χ1v) is 13.5. The molecule has 0 saturated heterocycles. The molecule has 0 bridgehead atoms. The topological polar surface area (TPSA) is 76.0 Å². The molecular formula is C33H52O5. The van der Waals surface area contributed by atoms with Crippen LogP contribution in [0.5, 0.6) is 0 Å². The molecule has 5 heteroatoms. The Morgan fingerprint density at radius 3 is 2.16 bits per heavy atom. The van der Waals surface area contributed by atoms with Crippen LogP contribution in [0.4, 0.5) is 0 Å². The van der Waals surface area contributed by atoms with Crippen LogP contribution in [0.25, 0.3) is 11.1 Å². The summed E-state index contributed by atoms with van der Waals surface area (Å²) in [7, 11) is 1.00. The monoisotopic (exact) mass is 528 g/mol. The summed E-state index contributed by atoms with van der Waals surface area (Å²) in [5.74, 6) is 0. The van der Waals surface area contributed by atoms with E-state index in [0.717, 1.165) is 26.4 Å². The highest BCUT2D eigenvalue weighted by Crippen LogP contribution is 2.29. The average Bonchev–Trinajstić information content (AvgIpc) is 2.95. The standard InChI is InChI=1S/C28H40O3.C3H6.CH4O.CH2O/c1-5-7-8-9-10-11-26-19-24(6-2)12-15-28(26)27-14-13-25(23(4)18-27)16-17-30-31-21-22(3)20-29;1-3-2;2*1-2/h12-15,18-19,29H,3,5-11,16-17,20-21H2,1-2,4H3;3H,1H2,2H3;2H,1H3;1H2. The van der Waals surface area contributed by atoms with E-state index in [9.17, 15) is 0 Å². The van der Waals surface area contributed by atoms with E-state index >= 15 is 0 Å². The van der Waals surface area contributed by atoms with Gasteiger partial charge in [0.25, 0.3) is 0 Å². The van der Waals surface area contributed by atoms with E-state index in [0.29, 0.717) is 12.2 Å². The molecule has 0 heterocycles. The summed E-state index contributed by atoms with van der Waals surface area (Å²) in [6.45, 7) is 18.2. The number of benzene rings is 2. The molecule has 0 aliphatic heterocycles. The highest BCUT2D eigenvalue weighted by atomic mass is 17.2. The second-order valence-corrected chi connectivity index (χ2v) is 8.80. The lowest BCUT2D eigenvalue weighted by Gasteiger charge is -2.14. The van der Waals surface area contributed by atoms with E-state index in [1.165, 1.54) is 65.5 Å². The minimum atomic E-state index is -0.0795. The van der Waals surface area contributed by atoms with Gasteiger partial charge in [-0.2, -0.15) is 0 Å². The van der Waals surface area contributed by atoms with Gasteiger partial charge in [-0.05, 0) is 78.5 Å². The molecule has 5 nitrogen and oxygen atoms in total. The fourth-order valence-corrected chi connectivity index (χ4v) is 3.80. The van der Waals surface area contributed by atoms with Gasteiger partial charge in [-0.3, -0.25) is 0 Å². The van der Waals surface area contributed by atoms with Crippen LogP contribution in [0.15, 0.2) is 61.2 Å². The quantitative estimate of drug-likeness (QED) is 0.109.